The van der Waals surface area contributed by atoms with Gasteiger partial charge in [0.15, 0.2) is 0 Å². The molecule has 0 aliphatic carbocycles. The van der Waals surface area contributed by atoms with Crippen molar-refractivity contribution >= 4 is 28.5 Å². The van der Waals surface area contributed by atoms with Crippen LogP contribution in [0.25, 0.3) is 11.0 Å². The zero-order valence-electron chi connectivity index (χ0n) is 19.4. The molecule has 0 aliphatic rings. The van der Waals surface area contributed by atoms with Crippen molar-refractivity contribution in [2.45, 2.75) is 19.9 Å². The molecule has 0 aliphatic heterocycles. The summed E-state index contributed by atoms with van der Waals surface area (Å²) in [6.07, 6.45) is 0.495. The van der Waals surface area contributed by atoms with Crippen LogP contribution in [0.4, 0.5) is 5.69 Å². The number of methoxy groups -OCH3 is 1. The molecule has 0 saturated carbocycles. The predicted molar refractivity (Wildman–Crippen MR) is 133 cm³/mol. The van der Waals surface area contributed by atoms with Gasteiger partial charge in [-0.05, 0) is 49.4 Å². The Morgan fingerprint density at radius 1 is 1.00 bits per heavy atom. The third kappa shape index (κ3) is 5.09. The number of nitrogens with one attached hydrogen (secondary N) is 1. The molecule has 2 amide bonds. The van der Waals surface area contributed by atoms with Crippen LogP contribution in [0.5, 0.6) is 5.75 Å². The Bertz CT molecular complexity index is 1280. The standard InChI is InChI=1S/C27H28N4O3/c1-3-30(21-11-5-4-6-12-21)26(32)19-31-24-15-8-7-14-23(24)29-25(31)16-17-28-27(33)20-10-9-13-22(18-20)34-2/h4-15,18H,3,16-17,19H2,1-2H3,(H,28,33). The van der Waals surface area contributed by atoms with Crippen molar-refractivity contribution in [1.29, 1.82) is 0 Å². The normalized spacial score (nSPS) is 10.8. The molecule has 0 saturated heterocycles. The van der Waals surface area contributed by atoms with Gasteiger partial charge in [-0.25, -0.2) is 4.98 Å². The number of likely N-dealkylation sites (N-methyl/N-ethyl adjacent to an activating group) is 1. The number of anilines is 1. The minimum atomic E-state index is -0.182. The zero-order chi connectivity index (χ0) is 23.9. The fraction of sp³-hybridized carbons (Fsp3) is 0.222. The number of aromatic nitrogens is 2. The molecule has 0 bridgehead atoms. The summed E-state index contributed by atoms with van der Waals surface area (Å²) >= 11 is 0. The molecule has 174 valence electrons. The summed E-state index contributed by atoms with van der Waals surface area (Å²) in [7, 11) is 1.57. The Kier molecular flexibility index (Phi) is 7.22. The van der Waals surface area contributed by atoms with Gasteiger partial charge in [-0.2, -0.15) is 0 Å². The maximum Gasteiger partial charge on any atom is 0.251 e. The number of fused-ring (bicyclic) bond motifs is 1. The van der Waals surface area contributed by atoms with E-state index in [1.54, 1.807) is 36.3 Å². The highest BCUT2D eigenvalue weighted by Gasteiger charge is 2.19. The number of benzene rings is 3. The van der Waals surface area contributed by atoms with Crippen LogP contribution in [0.2, 0.25) is 0 Å². The summed E-state index contributed by atoms with van der Waals surface area (Å²) in [4.78, 5) is 32.3. The first-order valence-corrected chi connectivity index (χ1v) is 11.3. The van der Waals surface area contributed by atoms with E-state index in [4.69, 9.17) is 9.72 Å². The molecule has 7 nitrogen and oxygen atoms in total. The smallest absolute Gasteiger partial charge is 0.251 e. The number of nitrogens with zero attached hydrogens (tertiary/aromatic N) is 3. The number of hydrogen-bond acceptors (Lipinski definition) is 4. The van der Waals surface area contributed by atoms with E-state index in [2.05, 4.69) is 5.32 Å². The molecule has 0 atom stereocenters. The highest BCUT2D eigenvalue weighted by molar-refractivity contribution is 5.95. The Morgan fingerprint density at radius 2 is 1.76 bits per heavy atom. The van der Waals surface area contributed by atoms with E-state index < -0.39 is 0 Å². The zero-order valence-corrected chi connectivity index (χ0v) is 19.4. The summed E-state index contributed by atoms with van der Waals surface area (Å²) in [5.74, 6) is 1.19. The van der Waals surface area contributed by atoms with Crippen molar-refractivity contribution < 1.29 is 14.3 Å². The van der Waals surface area contributed by atoms with E-state index in [1.165, 1.54) is 0 Å². The molecule has 4 rings (SSSR count). The molecule has 7 heteroatoms. The Labute approximate surface area is 199 Å². The van der Waals surface area contributed by atoms with Gasteiger partial charge in [0.2, 0.25) is 5.91 Å². The van der Waals surface area contributed by atoms with Crippen molar-refractivity contribution in [2.75, 3.05) is 25.1 Å². The Hall–Kier alpha value is -4.13. The van der Waals surface area contributed by atoms with Crippen molar-refractivity contribution in [1.82, 2.24) is 14.9 Å². The van der Waals surface area contributed by atoms with Crippen molar-refractivity contribution in [3.63, 3.8) is 0 Å². The molecule has 0 unspecified atom stereocenters. The number of amides is 2. The largest absolute Gasteiger partial charge is 0.497 e. The van der Waals surface area contributed by atoms with Crippen molar-refractivity contribution in [2.24, 2.45) is 0 Å². The van der Waals surface area contributed by atoms with Gasteiger partial charge >= 0.3 is 0 Å². The maximum atomic E-state index is 13.3. The van der Waals surface area contributed by atoms with Gasteiger partial charge in [0.25, 0.3) is 5.91 Å². The van der Waals surface area contributed by atoms with E-state index in [0.717, 1.165) is 22.5 Å². The molecule has 1 heterocycles. The monoisotopic (exact) mass is 456 g/mol. The lowest BCUT2D eigenvalue weighted by Gasteiger charge is -2.22. The second kappa shape index (κ2) is 10.7. The highest BCUT2D eigenvalue weighted by atomic mass is 16.5. The molecule has 4 aromatic rings. The summed E-state index contributed by atoms with van der Waals surface area (Å²) in [5.41, 5.74) is 3.12. The van der Waals surface area contributed by atoms with E-state index in [1.807, 2.05) is 66.1 Å². The number of carbonyl (C=O) groups is 2. The molecular formula is C27H28N4O3. The first-order valence-electron chi connectivity index (χ1n) is 11.3. The molecule has 0 radical (unpaired) electrons. The van der Waals surface area contributed by atoms with Crippen LogP contribution in [0.1, 0.15) is 23.1 Å². The van der Waals surface area contributed by atoms with Crippen LogP contribution in [-0.2, 0) is 17.8 Å². The van der Waals surface area contributed by atoms with E-state index in [9.17, 15) is 9.59 Å². The second-order valence-corrected chi connectivity index (χ2v) is 7.81. The third-order valence-corrected chi connectivity index (χ3v) is 5.68. The van der Waals surface area contributed by atoms with Gasteiger partial charge in [0.1, 0.15) is 18.1 Å². The molecule has 1 N–H and O–H groups in total. The van der Waals surface area contributed by atoms with Gasteiger partial charge in [-0.15, -0.1) is 0 Å². The van der Waals surface area contributed by atoms with Crippen LogP contribution < -0.4 is 15.0 Å². The van der Waals surface area contributed by atoms with Gasteiger partial charge in [0, 0.05) is 30.8 Å². The minimum Gasteiger partial charge on any atom is -0.497 e. The van der Waals surface area contributed by atoms with Gasteiger partial charge in [-0.1, -0.05) is 36.4 Å². The summed E-state index contributed by atoms with van der Waals surface area (Å²) in [5, 5.41) is 2.94. The molecule has 0 fully saturated rings. The first-order chi connectivity index (χ1) is 16.6. The summed E-state index contributed by atoms with van der Waals surface area (Å²) < 4.78 is 7.14. The second-order valence-electron chi connectivity index (χ2n) is 7.81. The molecule has 34 heavy (non-hydrogen) atoms. The fourth-order valence-corrected chi connectivity index (χ4v) is 3.98. The lowest BCUT2D eigenvalue weighted by atomic mass is 10.2. The number of hydrogen-bond donors (Lipinski definition) is 1. The number of rotatable bonds is 9. The fourth-order valence-electron chi connectivity index (χ4n) is 3.98. The van der Waals surface area contributed by atoms with Crippen molar-refractivity contribution in [3.05, 3.63) is 90.3 Å². The molecule has 1 aromatic heterocycles. The van der Waals surface area contributed by atoms with Crippen LogP contribution in [0, 0.1) is 0 Å². The third-order valence-electron chi connectivity index (χ3n) is 5.68. The highest BCUT2D eigenvalue weighted by Crippen LogP contribution is 2.19. The summed E-state index contributed by atoms with van der Waals surface area (Å²) in [6, 6.07) is 24.4. The maximum absolute atomic E-state index is 13.3. The molecule has 0 spiro atoms. The summed E-state index contributed by atoms with van der Waals surface area (Å²) in [6.45, 7) is 3.10. The Morgan fingerprint density at radius 3 is 2.53 bits per heavy atom. The van der Waals surface area contributed by atoms with Crippen LogP contribution in [0.3, 0.4) is 0 Å². The predicted octanol–water partition coefficient (Wildman–Crippen LogP) is 4.07. The minimum absolute atomic E-state index is 0.0153. The Balaban J connectivity index is 1.51. The first kappa shape index (κ1) is 23.0. The quantitative estimate of drug-likeness (QED) is 0.412. The van der Waals surface area contributed by atoms with E-state index >= 15 is 0 Å². The lowest BCUT2D eigenvalue weighted by molar-refractivity contribution is -0.119. The van der Waals surface area contributed by atoms with Crippen LogP contribution in [0.15, 0.2) is 78.9 Å². The average molecular weight is 457 g/mol. The van der Waals surface area contributed by atoms with Crippen molar-refractivity contribution in [3.8, 4) is 5.75 Å². The number of ether oxygens (including phenoxy) is 1. The number of carbonyl (C=O) groups excluding carboxylic acids is 2. The lowest BCUT2D eigenvalue weighted by Crippen LogP contribution is -2.34. The SMILES string of the molecule is CCN(C(=O)Cn1c(CCNC(=O)c2cccc(OC)c2)nc2ccccc21)c1ccccc1. The van der Waals surface area contributed by atoms with Crippen LogP contribution in [-0.4, -0.2) is 41.6 Å². The van der Waals surface area contributed by atoms with Crippen LogP contribution >= 0.6 is 0 Å². The molecular weight excluding hydrogens is 428 g/mol. The van der Waals surface area contributed by atoms with Gasteiger partial charge in [0.05, 0.1) is 18.1 Å². The average Bonchev–Trinajstić information content (AvgIpc) is 3.22. The van der Waals surface area contributed by atoms with Gasteiger partial charge < -0.3 is 19.5 Å². The number of imidazole rings is 1. The van der Waals surface area contributed by atoms with Gasteiger partial charge in [-0.3, -0.25) is 9.59 Å². The topological polar surface area (TPSA) is 76.5 Å². The van der Waals surface area contributed by atoms with E-state index in [-0.39, 0.29) is 18.4 Å². The number of para-hydroxylation sites is 3. The molecule has 3 aromatic carbocycles. The van der Waals surface area contributed by atoms with E-state index in [0.29, 0.717) is 30.8 Å².